The van der Waals surface area contributed by atoms with Crippen molar-refractivity contribution in [3.63, 3.8) is 0 Å². The fourth-order valence-electron chi connectivity index (χ4n) is 1.24. The molecule has 2 rings (SSSR count). The number of hydrogen-bond acceptors (Lipinski definition) is 2. The van der Waals surface area contributed by atoms with Crippen LogP contribution in [-0.2, 0) is 6.61 Å². The van der Waals surface area contributed by atoms with Gasteiger partial charge in [0, 0.05) is 13.7 Å². The summed E-state index contributed by atoms with van der Waals surface area (Å²) in [7, 11) is 0. The molecule has 0 amide bonds. The first-order valence-corrected chi connectivity index (χ1v) is 6.39. The number of aliphatic hydroxyl groups is 1. The second kappa shape index (κ2) is 3.84. The standard InChI is InChI=1S/C9H6BrIOS/c10-9-7(11)6-3-1-2-5(4-12)8(6)13-9/h1-3,12H,4H2. The van der Waals surface area contributed by atoms with Crippen molar-refractivity contribution in [1.82, 2.24) is 0 Å². The summed E-state index contributed by atoms with van der Waals surface area (Å²) in [5.74, 6) is 0. The van der Waals surface area contributed by atoms with Crippen LogP contribution < -0.4 is 0 Å². The van der Waals surface area contributed by atoms with Gasteiger partial charge in [-0.25, -0.2) is 0 Å². The Morgan fingerprint density at radius 2 is 2.23 bits per heavy atom. The summed E-state index contributed by atoms with van der Waals surface area (Å²) in [6.45, 7) is 0.111. The molecule has 0 atom stereocenters. The predicted molar refractivity (Wildman–Crippen MR) is 68.2 cm³/mol. The summed E-state index contributed by atoms with van der Waals surface area (Å²) in [5.41, 5.74) is 1.01. The lowest BCUT2D eigenvalue weighted by atomic mass is 10.2. The Kier molecular flexibility index (Phi) is 2.92. The molecule has 0 fully saturated rings. The molecule has 0 aliphatic rings. The van der Waals surface area contributed by atoms with E-state index in [-0.39, 0.29) is 6.61 Å². The van der Waals surface area contributed by atoms with E-state index in [9.17, 15) is 0 Å². The number of benzene rings is 1. The molecule has 2 aromatic rings. The Balaban J connectivity index is 2.84. The van der Waals surface area contributed by atoms with Crippen molar-refractivity contribution in [2.45, 2.75) is 6.61 Å². The van der Waals surface area contributed by atoms with Crippen molar-refractivity contribution in [3.05, 3.63) is 31.1 Å². The fourth-order valence-corrected chi connectivity index (χ4v) is 3.83. The van der Waals surface area contributed by atoms with Crippen LogP contribution in [0.3, 0.4) is 0 Å². The van der Waals surface area contributed by atoms with Crippen LogP contribution in [0, 0.1) is 3.57 Å². The Morgan fingerprint density at radius 1 is 1.46 bits per heavy atom. The average Bonchev–Trinajstić information content (AvgIpc) is 2.43. The zero-order valence-corrected chi connectivity index (χ0v) is 11.1. The van der Waals surface area contributed by atoms with E-state index in [0.29, 0.717) is 0 Å². The first-order chi connectivity index (χ1) is 6.24. The van der Waals surface area contributed by atoms with Gasteiger partial charge in [-0.3, -0.25) is 0 Å². The van der Waals surface area contributed by atoms with Crippen LogP contribution in [-0.4, -0.2) is 5.11 Å². The first-order valence-electron chi connectivity index (χ1n) is 3.70. The lowest BCUT2D eigenvalue weighted by molar-refractivity contribution is 0.283. The molecule has 0 saturated carbocycles. The van der Waals surface area contributed by atoms with Crippen LogP contribution >= 0.6 is 49.9 Å². The third-order valence-corrected chi connectivity index (χ3v) is 6.05. The highest BCUT2D eigenvalue weighted by Gasteiger charge is 2.09. The summed E-state index contributed by atoms with van der Waals surface area (Å²) in [6.07, 6.45) is 0. The van der Waals surface area contributed by atoms with Gasteiger partial charge in [-0.2, -0.15) is 0 Å². The summed E-state index contributed by atoms with van der Waals surface area (Å²) < 4.78 is 3.55. The topological polar surface area (TPSA) is 20.2 Å². The van der Waals surface area contributed by atoms with Crippen LogP contribution in [0.25, 0.3) is 10.1 Å². The molecular formula is C9H6BrIOS. The maximum atomic E-state index is 9.12. The molecule has 1 nitrogen and oxygen atoms in total. The van der Waals surface area contributed by atoms with Crippen molar-refractivity contribution in [1.29, 1.82) is 0 Å². The van der Waals surface area contributed by atoms with E-state index in [4.69, 9.17) is 5.11 Å². The molecule has 0 aliphatic heterocycles. The quantitative estimate of drug-likeness (QED) is 0.760. The maximum absolute atomic E-state index is 9.12. The van der Waals surface area contributed by atoms with Gasteiger partial charge in [0.15, 0.2) is 0 Å². The molecule has 1 aromatic carbocycles. The van der Waals surface area contributed by atoms with Gasteiger partial charge in [-0.15, -0.1) is 11.3 Å². The molecule has 0 saturated heterocycles. The van der Waals surface area contributed by atoms with E-state index in [2.05, 4.69) is 44.6 Å². The zero-order chi connectivity index (χ0) is 9.42. The highest BCUT2D eigenvalue weighted by atomic mass is 127. The van der Waals surface area contributed by atoms with Gasteiger partial charge < -0.3 is 5.11 Å². The van der Waals surface area contributed by atoms with Gasteiger partial charge in [0.2, 0.25) is 0 Å². The highest BCUT2D eigenvalue weighted by Crippen LogP contribution is 2.37. The second-order valence-corrected chi connectivity index (χ2v) is 6.06. The molecule has 13 heavy (non-hydrogen) atoms. The number of fused-ring (bicyclic) bond motifs is 1. The van der Waals surface area contributed by atoms with E-state index in [1.54, 1.807) is 11.3 Å². The van der Waals surface area contributed by atoms with E-state index in [1.807, 2.05) is 12.1 Å². The summed E-state index contributed by atoms with van der Waals surface area (Å²) in [6, 6.07) is 6.02. The largest absolute Gasteiger partial charge is 0.392 e. The minimum atomic E-state index is 0.111. The fraction of sp³-hybridized carbons (Fsp3) is 0.111. The molecule has 1 N–H and O–H groups in total. The first kappa shape index (κ1) is 9.89. The third-order valence-electron chi connectivity index (χ3n) is 1.87. The number of hydrogen-bond donors (Lipinski definition) is 1. The van der Waals surface area contributed by atoms with Gasteiger partial charge in [0.25, 0.3) is 0 Å². The van der Waals surface area contributed by atoms with E-state index >= 15 is 0 Å². The number of thiophene rings is 1. The Bertz CT molecular complexity index is 452. The van der Waals surface area contributed by atoms with Crippen LogP contribution in [0.2, 0.25) is 0 Å². The predicted octanol–water partition coefficient (Wildman–Crippen LogP) is 3.76. The Labute approximate surface area is 102 Å². The summed E-state index contributed by atoms with van der Waals surface area (Å²) in [4.78, 5) is 0. The van der Waals surface area contributed by atoms with Crippen molar-refractivity contribution in [2.24, 2.45) is 0 Å². The van der Waals surface area contributed by atoms with Crippen LogP contribution in [0.5, 0.6) is 0 Å². The summed E-state index contributed by atoms with van der Waals surface area (Å²) in [5, 5.41) is 10.4. The molecule has 0 unspecified atom stereocenters. The molecule has 1 aromatic heterocycles. The summed E-state index contributed by atoms with van der Waals surface area (Å²) >= 11 is 7.49. The van der Waals surface area contributed by atoms with Crippen LogP contribution in [0.1, 0.15) is 5.56 Å². The normalized spacial score (nSPS) is 11.0. The van der Waals surface area contributed by atoms with Gasteiger partial charge in [-0.1, -0.05) is 18.2 Å². The molecule has 0 radical (unpaired) electrons. The van der Waals surface area contributed by atoms with E-state index in [1.165, 1.54) is 13.7 Å². The lowest BCUT2D eigenvalue weighted by Crippen LogP contribution is -1.81. The minimum Gasteiger partial charge on any atom is -0.392 e. The SMILES string of the molecule is OCc1cccc2c(I)c(Br)sc12. The van der Waals surface area contributed by atoms with Crippen molar-refractivity contribution in [3.8, 4) is 0 Å². The third kappa shape index (κ3) is 1.65. The second-order valence-electron chi connectivity index (χ2n) is 2.64. The van der Waals surface area contributed by atoms with Crippen molar-refractivity contribution < 1.29 is 5.11 Å². The Hall–Kier alpha value is 0.350. The van der Waals surface area contributed by atoms with Crippen molar-refractivity contribution >= 4 is 59.9 Å². The van der Waals surface area contributed by atoms with E-state index < -0.39 is 0 Å². The molecule has 0 spiro atoms. The van der Waals surface area contributed by atoms with Gasteiger partial charge in [-0.05, 0) is 44.1 Å². The molecule has 1 heterocycles. The van der Waals surface area contributed by atoms with Gasteiger partial charge in [0.05, 0.1) is 10.4 Å². The molecule has 4 heteroatoms. The molecular weight excluding hydrogens is 363 g/mol. The van der Waals surface area contributed by atoms with Crippen LogP contribution in [0.4, 0.5) is 0 Å². The lowest BCUT2D eigenvalue weighted by Gasteiger charge is -1.96. The van der Waals surface area contributed by atoms with Gasteiger partial charge in [0.1, 0.15) is 0 Å². The average molecular weight is 369 g/mol. The maximum Gasteiger partial charge on any atom is 0.0844 e. The van der Waals surface area contributed by atoms with E-state index in [0.717, 1.165) is 9.35 Å². The molecule has 0 bridgehead atoms. The Morgan fingerprint density at radius 3 is 2.92 bits per heavy atom. The smallest absolute Gasteiger partial charge is 0.0844 e. The number of aliphatic hydroxyl groups excluding tert-OH is 1. The minimum absolute atomic E-state index is 0.111. The monoisotopic (exact) mass is 368 g/mol. The molecule has 68 valence electrons. The van der Waals surface area contributed by atoms with Crippen molar-refractivity contribution in [2.75, 3.05) is 0 Å². The number of halogens is 2. The number of rotatable bonds is 1. The molecule has 0 aliphatic carbocycles. The van der Waals surface area contributed by atoms with Crippen LogP contribution in [0.15, 0.2) is 22.0 Å². The van der Waals surface area contributed by atoms with Gasteiger partial charge >= 0.3 is 0 Å². The highest BCUT2D eigenvalue weighted by molar-refractivity contribution is 14.1. The zero-order valence-electron chi connectivity index (χ0n) is 6.55.